The maximum absolute atomic E-state index is 13.7. The summed E-state index contributed by atoms with van der Waals surface area (Å²) in [5.74, 6) is -2.23. The van der Waals surface area contributed by atoms with E-state index in [2.05, 4.69) is 20.6 Å². The van der Waals surface area contributed by atoms with Crippen LogP contribution in [0.2, 0.25) is 0 Å². The third kappa shape index (κ3) is 4.00. The van der Waals surface area contributed by atoms with Crippen LogP contribution in [0.3, 0.4) is 0 Å². The van der Waals surface area contributed by atoms with Crippen molar-refractivity contribution in [1.82, 2.24) is 9.97 Å². The first-order valence-electron chi connectivity index (χ1n) is 7.87. The maximum Gasteiger partial charge on any atom is 0.274 e. The average molecular weight is 354 g/mol. The van der Waals surface area contributed by atoms with Crippen molar-refractivity contribution in [3.8, 4) is 0 Å². The molecule has 3 aromatic rings. The van der Waals surface area contributed by atoms with Gasteiger partial charge in [-0.3, -0.25) is 4.79 Å². The van der Waals surface area contributed by atoms with E-state index >= 15 is 0 Å². The summed E-state index contributed by atoms with van der Waals surface area (Å²) < 4.78 is 27.4. The Morgan fingerprint density at radius 2 is 1.65 bits per heavy atom. The van der Waals surface area contributed by atoms with E-state index in [1.165, 1.54) is 12.1 Å². The largest absolute Gasteiger partial charge is 0.324 e. The molecule has 0 aliphatic rings. The minimum atomic E-state index is -0.859. The number of aryl methyl sites for hydroxylation is 2. The number of carbonyl (C=O) groups is 1. The van der Waals surface area contributed by atoms with Crippen LogP contribution in [-0.4, -0.2) is 15.9 Å². The summed E-state index contributed by atoms with van der Waals surface area (Å²) in [6.45, 7) is 3.65. The number of rotatable bonds is 4. The number of amides is 1. The lowest BCUT2D eigenvalue weighted by molar-refractivity contribution is 0.102. The molecule has 26 heavy (non-hydrogen) atoms. The van der Waals surface area contributed by atoms with E-state index in [0.717, 1.165) is 23.4 Å². The van der Waals surface area contributed by atoms with Crippen LogP contribution in [0.15, 0.2) is 48.5 Å². The summed E-state index contributed by atoms with van der Waals surface area (Å²) in [4.78, 5) is 20.7. The Kier molecular flexibility index (Phi) is 4.88. The normalized spacial score (nSPS) is 10.5. The molecule has 0 aliphatic heterocycles. The zero-order valence-electron chi connectivity index (χ0n) is 14.2. The van der Waals surface area contributed by atoms with Crippen molar-refractivity contribution in [2.24, 2.45) is 0 Å². The molecule has 1 aromatic heterocycles. The van der Waals surface area contributed by atoms with E-state index in [1.807, 2.05) is 31.2 Å². The van der Waals surface area contributed by atoms with Gasteiger partial charge in [-0.25, -0.2) is 18.7 Å². The van der Waals surface area contributed by atoms with Crippen LogP contribution >= 0.6 is 0 Å². The van der Waals surface area contributed by atoms with Gasteiger partial charge in [-0.05, 0) is 49.7 Å². The Balaban J connectivity index is 1.86. The molecule has 3 rings (SSSR count). The smallest absolute Gasteiger partial charge is 0.274 e. The molecule has 0 saturated heterocycles. The number of carbonyl (C=O) groups excluding carboxylic acids is 1. The fourth-order valence-electron chi connectivity index (χ4n) is 2.39. The number of anilines is 3. The van der Waals surface area contributed by atoms with Crippen LogP contribution in [0.25, 0.3) is 0 Å². The number of hydrogen-bond acceptors (Lipinski definition) is 4. The SMILES string of the molecule is Cc1cccc(Nc2nc(C)cc(C(=O)Nc3c(F)cccc3F)n2)c1. The molecule has 7 heteroatoms. The highest BCUT2D eigenvalue weighted by molar-refractivity contribution is 6.03. The Labute approximate surface area is 149 Å². The summed E-state index contributed by atoms with van der Waals surface area (Å²) in [6, 6.07) is 12.4. The zero-order valence-corrected chi connectivity index (χ0v) is 14.2. The van der Waals surface area contributed by atoms with Crippen LogP contribution in [0.4, 0.5) is 26.1 Å². The molecule has 0 aliphatic carbocycles. The van der Waals surface area contributed by atoms with E-state index in [4.69, 9.17) is 0 Å². The molecular weight excluding hydrogens is 338 g/mol. The molecule has 0 unspecified atom stereocenters. The number of halogens is 2. The molecule has 132 valence electrons. The van der Waals surface area contributed by atoms with E-state index in [9.17, 15) is 13.6 Å². The van der Waals surface area contributed by atoms with Crippen molar-refractivity contribution in [1.29, 1.82) is 0 Å². The number of nitrogens with zero attached hydrogens (tertiary/aromatic N) is 2. The number of aromatic nitrogens is 2. The number of nitrogens with one attached hydrogen (secondary N) is 2. The van der Waals surface area contributed by atoms with Gasteiger partial charge >= 0.3 is 0 Å². The summed E-state index contributed by atoms with van der Waals surface area (Å²) in [6.07, 6.45) is 0. The van der Waals surface area contributed by atoms with Gasteiger partial charge in [-0.2, -0.15) is 0 Å². The zero-order chi connectivity index (χ0) is 18.7. The summed E-state index contributed by atoms with van der Waals surface area (Å²) in [7, 11) is 0. The molecule has 5 nitrogen and oxygen atoms in total. The Morgan fingerprint density at radius 1 is 0.962 bits per heavy atom. The van der Waals surface area contributed by atoms with Crippen molar-refractivity contribution in [2.75, 3.05) is 10.6 Å². The number of hydrogen-bond donors (Lipinski definition) is 2. The molecule has 0 fully saturated rings. The van der Waals surface area contributed by atoms with Crippen LogP contribution in [0.1, 0.15) is 21.7 Å². The summed E-state index contributed by atoms with van der Waals surface area (Å²) >= 11 is 0. The molecule has 0 atom stereocenters. The second kappa shape index (κ2) is 7.26. The summed E-state index contributed by atoms with van der Waals surface area (Å²) in [5.41, 5.74) is 1.84. The van der Waals surface area contributed by atoms with Gasteiger partial charge < -0.3 is 10.6 Å². The Hall–Kier alpha value is -3.35. The van der Waals surface area contributed by atoms with Gasteiger partial charge in [0.1, 0.15) is 23.0 Å². The van der Waals surface area contributed by atoms with Gasteiger partial charge in [-0.15, -0.1) is 0 Å². The van der Waals surface area contributed by atoms with Crippen LogP contribution < -0.4 is 10.6 Å². The first-order valence-corrected chi connectivity index (χ1v) is 7.87. The molecule has 0 bridgehead atoms. The van der Waals surface area contributed by atoms with Gasteiger partial charge in [0.15, 0.2) is 0 Å². The van der Waals surface area contributed by atoms with Crippen molar-refractivity contribution >= 4 is 23.2 Å². The predicted molar refractivity (Wildman–Crippen MR) is 95.5 cm³/mol. The Morgan fingerprint density at radius 3 is 2.35 bits per heavy atom. The molecule has 0 saturated carbocycles. The third-order valence-electron chi connectivity index (χ3n) is 3.56. The lowest BCUT2D eigenvalue weighted by atomic mass is 10.2. The first-order chi connectivity index (χ1) is 12.4. The maximum atomic E-state index is 13.7. The van der Waals surface area contributed by atoms with Gasteiger partial charge in [0, 0.05) is 11.4 Å². The first kappa shape index (κ1) is 17.5. The van der Waals surface area contributed by atoms with Gasteiger partial charge in [0.2, 0.25) is 5.95 Å². The second-order valence-electron chi connectivity index (χ2n) is 5.76. The molecule has 1 amide bonds. The van der Waals surface area contributed by atoms with Gasteiger partial charge in [-0.1, -0.05) is 18.2 Å². The lowest BCUT2D eigenvalue weighted by Gasteiger charge is -2.10. The fraction of sp³-hybridized carbons (Fsp3) is 0.105. The van der Waals surface area contributed by atoms with E-state index in [1.54, 1.807) is 6.92 Å². The minimum absolute atomic E-state index is 0.00435. The molecule has 2 N–H and O–H groups in total. The minimum Gasteiger partial charge on any atom is -0.324 e. The highest BCUT2D eigenvalue weighted by Crippen LogP contribution is 2.20. The lowest BCUT2D eigenvalue weighted by Crippen LogP contribution is -2.17. The van der Waals surface area contributed by atoms with Crippen LogP contribution in [0, 0.1) is 25.5 Å². The Bertz CT molecular complexity index is 955. The molecule has 2 aromatic carbocycles. The standard InChI is InChI=1S/C19H16F2N4O/c1-11-5-3-6-13(9-11)23-19-22-12(2)10-16(24-19)18(26)25-17-14(20)7-4-8-15(17)21/h3-10H,1-2H3,(H,25,26)(H,22,23,24). The number of benzene rings is 2. The van der Waals surface area contributed by atoms with Crippen molar-refractivity contribution in [3.05, 3.63) is 77.1 Å². The van der Waals surface area contributed by atoms with E-state index in [-0.39, 0.29) is 11.6 Å². The van der Waals surface area contributed by atoms with Crippen LogP contribution in [0.5, 0.6) is 0 Å². The molecular formula is C19H16F2N4O. The van der Waals surface area contributed by atoms with Crippen molar-refractivity contribution < 1.29 is 13.6 Å². The van der Waals surface area contributed by atoms with Gasteiger partial charge in [0.05, 0.1) is 0 Å². The van der Waals surface area contributed by atoms with E-state index < -0.39 is 23.2 Å². The second-order valence-corrected chi connectivity index (χ2v) is 5.76. The monoisotopic (exact) mass is 354 g/mol. The molecule has 0 radical (unpaired) electrons. The van der Waals surface area contributed by atoms with Crippen molar-refractivity contribution in [3.63, 3.8) is 0 Å². The van der Waals surface area contributed by atoms with E-state index in [0.29, 0.717) is 5.69 Å². The quantitative estimate of drug-likeness (QED) is 0.730. The average Bonchev–Trinajstić information content (AvgIpc) is 2.57. The summed E-state index contributed by atoms with van der Waals surface area (Å²) in [5, 5.41) is 5.23. The number of para-hydroxylation sites is 1. The highest BCUT2D eigenvalue weighted by atomic mass is 19.1. The van der Waals surface area contributed by atoms with Crippen LogP contribution in [-0.2, 0) is 0 Å². The fourth-order valence-corrected chi connectivity index (χ4v) is 2.39. The highest BCUT2D eigenvalue weighted by Gasteiger charge is 2.16. The predicted octanol–water partition coefficient (Wildman–Crippen LogP) is 4.37. The third-order valence-corrected chi connectivity index (χ3v) is 3.56. The molecule has 0 spiro atoms. The van der Waals surface area contributed by atoms with Crippen molar-refractivity contribution in [2.45, 2.75) is 13.8 Å². The van der Waals surface area contributed by atoms with Gasteiger partial charge in [0.25, 0.3) is 5.91 Å². The topological polar surface area (TPSA) is 66.9 Å². The molecule has 1 heterocycles.